The minimum atomic E-state index is 0.425. The lowest BCUT2D eigenvalue weighted by molar-refractivity contribution is 0.455. The molecule has 0 saturated heterocycles. The second-order valence-corrected chi connectivity index (χ2v) is 4.41. The molecule has 94 valence electrons. The Labute approximate surface area is 108 Å². The molecule has 0 atom stereocenters. The molecular weight excluding hydrogens is 224 g/mol. The summed E-state index contributed by atoms with van der Waals surface area (Å²) in [6.07, 6.45) is 0. The van der Waals surface area contributed by atoms with E-state index >= 15 is 0 Å². The van der Waals surface area contributed by atoms with Crippen LogP contribution in [0.15, 0.2) is 42.5 Å². The number of ether oxygens (including phenoxy) is 1. The molecule has 0 amide bonds. The normalized spacial score (nSPS) is 10.4. The van der Waals surface area contributed by atoms with Crippen LogP contribution in [-0.4, -0.2) is 12.0 Å². The molecule has 0 radical (unpaired) electrons. The van der Waals surface area contributed by atoms with E-state index in [1.807, 2.05) is 43.4 Å². The van der Waals surface area contributed by atoms with Crippen molar-refractivity contribution in [2.24, 2.45) is 0 Å². The third kappa shape index (κ3) is 2.80. The van der Waals surface area contributed by atoms with Crippen LogP contribution in [0.4, 0.5) is 5.82 Å². The minimum Gasteiger partial charge on any atom is -0.439 e. The van der Waals surface area contributed by atoms with Gasteiger partial charge in [0.25, 0.3) is 0 Å². The fourth-order valence-electron chi connectivity index (χ4n) is 1.77. The Morgan fingerprint density at radius 1 is 1.06 bits per heavy atom. The van der Waals surface area contributed by atoms with Crippen molar-refractivity contribution in [3.05, 3.63) is 48.0 Å². The summed E-state index contributed by atoms with van der Waals surface area (Å²) in [7, 11) is 1.84. The fourth-order valence-corrected chi connectivity index (χ4v) is 1.77. The van der Waals surface area contributed by atoms with Gasteiger partial charge in [-0.1, -0.05) is 38.1 Å². The van der Waals surface area contributed by atoms with Crippen molar-refractivity contribution in [2.45, 2.75) is 19.8 Å². The first-order valence-corrected chi connectivity index (χ1v) is 6.12. The Balaban J connectivity index is 2.28. The quantitative estimate of drug-likeness (QED) is 0.878. The third-order valence-electron chi connectivity index (χ3n) is 2.74. The summed E-state index contributed by atoms with van der Waals surface area (Å²) in [6, 6.07) is 13.7. The largest absolute Gasteiger partial charge is 0.439 e. The molecular formula is C15H18N2O. The summed E-state index contributed by atoms with van der Waals surface area (Å²) in [5.41, 5.74) is 1.19. The lowest BCUT2D eigenvalue weighted by atomic mass is 10.0. The van der Waals surface area contributed by atoms with Crippen molar-refractivity contribution < 1.29 is 4.74 Å². The number of para-hydroxylation sites is 1. The van der Waals surface area contributed by atoms with Crippen LogP contribution >= 0.6 is 0 Å². The van der Waals surface area contributed by atoms with E-state index in [-0.39, 0.29) is 0 Å². The number of hydrogen-bond acceptors (Lipinski definition) is 3. The molecule has 0 fully saturated rings. The Hall–Kier alpha value is -2.03. The topological polar surface area (TPSA) is 34.1 Å². The molecule has 1 heterocycles. The van der Waals surface area contributed by atoms with Crippen molar-refractivity contribution in [2.75, 3.05) is 12.4 Å². The van der Waals surface area contributed by atoms with E-state index in [9.17, 15) is 0 Å². The monoisotopic (exact) mass is 242 g/mol. The summed E-state index contributed by atoms with van der Waals surface area (Å²) in [5.74, 6) is 2.70. The van der Waals surface area contributed by atoms with E-state index < -0.39 is 0 Å². The molecule has 0 aliphatic carbocycles. The van der Waals surface area contributed by atoms with Gasteiger partial charge in [0.1, 0.15) is 11.6 Å². The molecule has 1 N–H and O–H groups in total. The summed E-state index contributed by atoms with van der Waals surface area (Å²) in [4.78, 5) is 4.35. The number of hydrogen-bond donors (Lipinski definition) is 1. The Bertz CT molecular complexity index is 523. The number of nitrogens with one attached hydrogen (secondary N) is 1. The number of benzene rings is 1. The van der Waals surface area contributed by atoms with E-state index in [4.69, 9.17) is 4.74 Å². The van der Waals surface area contributed by atoms with Crippen molar-refractivity contribution >= 4 is 5.82 Å². The van der Waals surface area contributed by atoms with Crippen LogP contribution in [0.25, 0.3) is 0 Å². The highest BCUT2D eigenvalue weighted by atomic mass is 16.5. The van der Waals surface area contributed by atoms with Crippen molar-refractivity contribution in [1.29, 1.82) is 0 Å². The second-order valence-electron chi connectivity index (χ2n) is 4.41. The zero-order chi connectivity index (χ0) is 13.0. The van der Waals surface area contributed by atoms with Crippen LogP contribution in [-0.2, 0) is 0 Å². The average molecular weight is 242 g/mol. The first-order valence-electron chi connectivity index (χ1n) is 6.12. The Morgan fingerprint density at radius 3 is 2.56 bits per heavy atom. The highest BCUT2D eigenvalue weighted by Crippen LogP contribution is 2.29. The summed E-state index contributed by atoms with van der Waals surface area (Å²) in [6.45, 7) is 4.30. The van der Waals surface area contributed by atoms with Gasteiger partial charge in [0.15, 0.2) is 0 Å². The first kappa shape index (κ1) is 12.4. The predicted octanol–water partition coefficient (Wildman–Crippen LogP) is 4.04. The van der Waals surface area contributed by atoms with Crippen molar-refractivity contribution in [1.82, 2.24) is 4.98 Å². The van der Waals surface area contributed by atoms with Crippen LogP contribution in [0.1, 0.15) is 25.3 Å². The van der Waals surface area contributed by atoms with E-state index in [0.717, 1.165) is 11.6 Å². The molecule has 3 heteroatoms. The van der Waals surface area contributed by atoms with Gasteiger partial charge in [0.2, 0.25) is 5.88 Å². The number of pyridine rings is 1. The fraction of sp³-hybridized carbons (Fsp3) is 0.267. The number of rotatable bonds is 4. The molecule has 1 aromatic carbocycles. The molecule has 2 aromatic rings. The predicted molar refractivity (Wildman–Crippen MR) is 74.4 cm³/mol. The smallest absolute Gasteiger partial charge is 0.221 e. The van der Waals surface area contributed by atoms with Crippen LogP contribution in [0.3, 0.4) is 0 Å². The minimum absolute atomic E-state index is 0.425. The maximum Gasteiger partial charge on any atom is 0.221 e. The lowest BCUT2D eigenvalue weighted by Crippen LogP contribution is -1.97. The van der Waals surface area contributed by atoms with Crippen LogP contribution < -0.4 is 10.1 Å². The van der Waals surface area contributed by atoms with Gasteiger partial charge in [-0.05, 0) is 23.6 Å². The number of anilines is 1. The summed E-state index contributed by atoms with van der Waals surface area (Å²) >= 11 is 0. The molecule has 18 heavy (non-hydrogen) atoms. The third-order valence-corrected chi connectivity index (χ3v) is 2.74. The highest BCUT2D eigenvalue weighted by molar-refractivity contribution is 5.41. The van der Waals surface area contributed by atoms with Gasteiger partial charge in [-0.25, -0.2) is 0 Å². The van der Waals surface area contributed by atoms with Crippen LogP contribution in [0.2, 0.25) is 0 Å². The van der Waals surface area contributed by atoms with Gasteiger partial charge < -0.3 is 10.1 Å². The van der Waals surface area contributed by atoms with Crippen LogP contribution in [0, 0.1) is 0 Å². The molecule has 0 spiro atoms. The van der Waals surface area contributed by atoms with Crippen molar-refractivity contribution in [3.63, 3.8) is 0 Å². The zero-order valence-corrected chi connectivity index (χ0v) is 11.0. The van der Waals surface area contributed by atoms with Crippen LogP contribution in [0.5, 0.6) is 11.6 Å². The molecule has 0 saturated carbocycles. The standard InChI is InChI=1S/C15H18N2O/c1-11(2)12-7-4-5-8-13(12)18-15-10-6-9-14(16-3)17-15/h4-11H,1-3H3,(H,16,17). The molecule has 1 aromatic heterocycles. The van der Waals surface area contributed by atoms with E-state index in [0.29, 0.717) is 11.8 Å². The molecule has 3 nitrogen and oxygen atoms in total. The number of nitrogens with zero attached hydrogens (tertiary/aromatic N) is 1. The average Bonchev–Trinajstić information content (AvgIpc) is 2.39. The summed E-state index contributed by atoms with van der Waals surface area (Å²) in [5, 5.41) is 3.00. The van der Waals surface area contributed by atoms with Gasteiger partial charge in [-0.3, -0.25) is 0 Å². The van der Waals surface area contributed by atoms with E-state index in [1.54, 1.807) is 0 Å². The van der Waals surface area contributed by atoms with Gasteiger partial charge in [0, 0.05) is 13.1 Å². The second kappa shape index (κ2) is 5.54. The zero-order valence-electron chi connectivity index (χ0n) is 11.0. The van der Waals surface area contributed by atoms with E-state index in [2.05, 4.69) is 30.2 Å². The van der Waals surface area contributed by atoms with E-state index in [1.165, 1.54) is 5.56 Å². The molecule has 0 unspecified atom stereocenters. The van der Waals surface area contributed by atoms with Gasteiger partial charge in [0.05, 0.1) is 0 Å². The molecule has 0 aliphatic heterocycles. The van der Waals surface area contributed by atoms with Gasteiger partial charge in [-0.15, -0.1) is 0 Å². The lowest BCUT2D eigenvalue weighted by Gasteiger charge is -2.13. The molecule has 0 aliphatic rings. The Morgan fingerprint density at radius 2 is 1.83 bits per heavy atom. The SMILES string of the molecule is CNc1cccc(Oc2ccccc2C(C)C)n1. The van der Waals surface area contributed by atoms with Crippen molar-refractivity contribution in [3.8, 4) is 11.6 Å². The maximum absolute atomic E-state index is 5.86. The molecule has 2 rings (SSSR count). The first-order chi connectivity index (χ1) is 8.70. The number of aromatic nitrogens is 1. The highest BCUT2D eigenvalue weighted by Gasteiger charge is 2.08. The molecule has 0 bridgehead atoms. The Kier molecular flexibility index (Phi) is 3.82. The van der Waals surface area contributed by atoms with Gasteiger partial charge in [-0.2, -0.15) is 4.98 Å². The maximum atomic E-state index is 5.86. The summed E-state index contributed by atoms with van der Waals surface area (Å²) < 4.78 is 5.86. The van der Waals surface area contributed by atoms with Gasteiger partial charge >= 0.3 is 0 Å².